The Kier molecular flexibility index (Phi) is 5.19. The normalized spacial score (nSPS) is 33.4. The van der Waals surface area contributed by atoms with Crippen LogP contribution in [0.5, 0.6) is 0 Å². The molecular weight excluding hydrogens is 244 g/mol. The van der Waals surface area contributed by atoms with Crippen LogP contribution in [0.2, 0.25) is 0 Å². The van der Waals surface area contributed by atoms with Gasteiger partial charge in [0, 0.05) is 38.2 Å². The molecule has 5 nitrogen and oxygen atoms in total. The standard InChI is InChI=1S/C14H26N2O3/c1-15-7-8-16(10-12(15)6-9-17)14(19)11-2-4-13(18)5-3-11/h11-13,17-18H,2-10H2,1H3/t11?,12-,13?/m1/s1. The molecule has 0 bridgehead atoms. The van der Waals surface area contributed by atoms with Crippen LogP contribution in [0, 0.1) is 5.92 Å². The lowest BCUT2D eigenvalue weighted by atomic mass is 9.86. The highest BCUT2D eigenvalue weighted by Gasteiger charge is 2.32. The zero-order valence-corrected chi connectivity index (χ0v) is 11.8. The van der Waals surface area contributed by atoms with E-state index in [1.54, 1.807) is 0 Å². The molecule has 1 atom stereocenters. The Bertz CT molecular complexity index is 303. The summed E-state index contributed by atoms with van der Waals surface area (Å²) in [6, 6.07) is 0.275. The summed E-state index contributed by atoms with van der Waals surface area (Å²) in [7, 11) is 2.05. The highest BCUT2D eigenvalue weighted by molar-refractivity contribution is 5.79. The van der Waals surface area contributed by atoms with Crippen LogP contribution in [-0.4, -0.2) is 71.4 Å². The second-order valence-electron chi connectivity index (χ2n) is 5.94. The molecule has 5 heteroatoms. The summed E-state index contributed by atoms with van der Waals surface area (Å²) in [6.45, 7) is 2.57. The predicted molar refractivity (Wildman–Crippen MR) is 72.7 cm³/mol. The molecule has 2 fully saturated rings. The highest BCUT2D eigenvalue weighted by atomic mass is 16.3. The molecule has 2 N–H and O–H groups in total. The average molecular weight is 270 g/mol. The van der Waals surface area contributed by atoms with Gasteiger partial charge in [-0.2, -0.15) is 0 Å². The molecule has 0 unspecified atom stereocenters. The number of likely N-dealkylation sites (N-methyl/N-ethyl adjacent to an activating group) is 1. The van der Waals surface area contributed by atoms with Crippen LogP contribution < -0.4 is 0 Å². The number of carbonyl (C=O) groups is 1. The van der Waals surface area contributed by atoms with E-state index in [0.717, 1.165) is 51.7 Å². The van der Waals surface area contributed by atoms with Gasteiger partial charge in [0.15, 0.2) is 0 Å². The first kappa shape index (κ1) is 14.8. The topological polar surface area (TPSA) is 64.0 Å². The van der Waals surface area contributed by atoms with Crippen molar-refractivity contribution in [2.75, 3.05) is 33.3 Å². The summed E-state index contributed by atoms with van der Waals surface area (Å²) in [4.78, 5) is 16.7. The van der Waals surface area contributed by atoms with E-state index in [9.17, 15) is 9.90 Å². The van der Waals surface area contributed by atoms with Crippen molar-refractivity contribution in [3.63, 3.8) is 0 Å². The SMILES string of the molecule is CN1CCN(C(=O)C2CCC(O)CC2)C[C@H]1CCO. The molecule has 110 valence electrons. The van der Waals surface area contributed by atoms with Crippen molar-refractivity contribution in [1.82, 2.24) is 9.80 Å². The minimum absolute atomic E-state index is 0.0987. The number of hydrogen-bond acceptors (Lipinski definition) is 4. The molecule has 19 heavy (non-hydrogen) atoms. The first-order chi connectivity index (χ1) is 9.11. The number of piperazine rings is 1. The van der Waals surface area contributed by atoms with Crippen molar-refractivity contribution in [3.05, 3.63) is 0 Å². The maximum absolute atomic E-state index is 12.5. The molecule has 0 aromatic rings. The van der Waals surface area contributed by atoms with Gasteiger partial charge < -0.3 is 15.1 Å². The van der Waals surface area contributed by atoms with Crippen molar-refractivity contribution in [2.24, 2.45) is 5.92 Å². The maximum Gasteiger partial charge on any atom is 0.225 e. The van der Waals surface area contributed by atoms with Gasteiger partial charge in [0.05, 0.1) is 6.10 Å². The summed E-state index contributed by atoms with van der Waals surface area (Å²) >= 11 is 0. The van der Waals surface area contributed by atoms with Gasteiger partial charge in [0.1, 0.15) is 0 Å². The van der Waals surface area contributed by atoms with Gasteiger partial charge in [-0.05, 0) is 39.2 Å². The van der Waals surface area contributed by atoms with Crippen LogP contribution in [0.25, 0.3) is 0 Å². The quantitative estimate of drug-likeness (QED) is 0.761. The molecule has 0 aromatic carbocycles. The monoisotopic (exact) mass is 270 g/mol. The van der Waals surface area contributed by atoms with Gasteiger partial charge in [0.2, 0.25) is 5.91 Å². The van der Waals surface area contributed by atoms with Crippen molar-refractivity contribution >= 4 is 5.91 Å². The van der Waals surface area contributed by atoms with Gasteiger partial charge in [-0.25, -0.2) is 0 Å². The number of aliphatic hydroxyl groups is 2. The summed E-state index contributed by atoms with van der Waals surface area (Å²) in [6.07, 6.45) is 3.66. The molecule has 0 aromatic heterocycles. The fourth-order valence-electron chi connectivity index (χ4n) is 3.19. The molecule has 2 aliphatic rings. The summed E-state index contributed by atoms with van der Waals surface area (Å²) in [5.74, 6) is 0.351. The van der Waals surface area contributed by atoms with Crippen LogP contribution in [0.4, 0.5) is 0 Å². The third kappa shape index (κ3) is 3.68. The molecule has 1 amide bonds. The van der Waals surface area contributed by atoms with E-state index in [2.05, 4.69) is 11.9 Å². The van der Waals surface area contributed by atoms with E-state index < -0.39 is 0 Å². The first-order valence-electron chi connectivity index (χ1n) is 7.39. The van der Waals surface area contributed by atoms with Crippen molar-refractivity contribution < 1.29 is 15.0 Å². The minimum atomic E-state index is -0.210. The average Bonchev–Trinajstić information content (AvgIpc) is 2.41. The molecule has 1 heterocycles. The van der Waals surface area contributed by atoms with E-state index in [1.165, 1.54) is 0 Å². The number of amides is 1. The zero-order valence-electron chi connectivity index (χ0n) is 11.8. The summed E-state index contributed by atoms with van der Waals surface area (Å²) in [5, 5.41) is 18.6. The molecule has 1 aliphatic heterocycles. The molecule has 1 saturated heterocycles. The van der Waals surface area contributed by atoms with Gasteiger partial charge in [-0.1, -0.05) is 0 Å². The maximum atomic E-state index is 12.5. The third-order valence-corrected chi connectivity index (χ3v) is 4.60. The van der Waals surface area contributed by atoms with Crippen molar-refractivity contribution in [1.29, 1.82) is 0 Å². The Morgan fingerprint density at radius 1 is 1.21 bits per heavy atom. The number of hydrogen-bond donors (Lipinski definition) is 2. The smallest absolute Gasteiger partial charge is 0.225 e. The van der Waals surface area contributed by atoms with Crippen molar-refractivity contribution in [3.8, 4) is 0 Å². The molecule has 1 saturated carbocycles. The molecule has 0 spiro atoms. The second-order valence-corrected chi connectivity index (χ2v) is 5.94. The number of aliphatic hydroxyl groups excluding tert-OH is 2. The van der Waals surface area contributed by atoms with Crippen LogP contribution in [0.3, 0.4) is 0 Å². The lowest BCUT2D eigenvalue weighted by Gasteiger charge is -2.41. The van der Waals surface area contributed by atoms with Gasteiger partial charge >= 0.3 is 0 Å². The van der Waals surface area contributed by atoms with E-state index in [0.29, 0.717) is 0 Å². The van der Waals surface area contributed by atoms with Gasteiger partial charge in [0.25, 0.3) is 0 Å². The van der Waals surface area contributed by atoms with Crippen LogP contribution in [-0.2, 0) is 4.79 Å². The fourth-order valence-corrected chi connectivity index (χ4v) is 3.19. The largest absolute Gasteiger partial charge is 0.396 e. The second kappa shape index (κ2) is 6.68. The van der Waals surface area contributed by atoms with E-state index >= 15 is 0 Å². The fraction of sp³-hybridized carbons (Fsp3) is 0.929. The zero-order chi connectivity index (χ0) is 13.8. The first-order valence-corrected chi connectivity index (χ1v) is 7.39. The predicted octanol–water partition coefficient (Wildman–Crippen LogP) is 0.0625. The van der Waals surface area contributed by atoms with Crippen LogP contribution >= 0.6 is 0 Å². The Morgan fingerprint density at radius 2 is 1.89 bits per heavy atom. The van der Waals surface area contributed by atoms with Crippen LogP contribution in [0.1, 0.15) is 32.1 Å². The Morgan fingerprint density at radius 3 is 2.53 bits per heavy atom. The lowest BCUT2D eigenvalue weighted by molar-refractivity contribution is -0.140. The Balaban J connectivity index is 1.88. The van der Waals surface area contributed by atoms with E-state index in [4.69, 9.17) is 5.11 Å². The Hall–Kier alpha value is -0.650. The molecule has 2 rings (SSSR count). The van der Waals surface area contributed by atoms with Crippen LogP contribution in [0.15, 0.2) is 0 Å². The summed E-state index contributed by atoms with van der Waals surface area (Å²) < 4.78 is 0. The molecular formula is C14H26N2O3. The Labute approximate surface area is 115 Å². The van der Waals surface area contributed by atoms with Gasteiger partial charge in [-0.3, -0.25) is 9.69 Å². The highest BCUT2D eigenvalue weighted by Crippen LogP contribution is 2.26. The van der Waals surface area contributed by atoms with E-state index in [-0.39, 0.29) is 30.6 Å². The number of nitrogens with zero attached hydrogens (tertiary/aromatic N) is 2. The summed E-state index contributed by atoms with van der Waals surface area (Å²) in [5.41, 5.74) is 0. The minimum Gasteiger partial charge on any atom is -0.396 e. The van der Waals surface area contributed by atoms with Crippen molar-refractivity contribution in [2.45, 2.75) is 44.2 Å². The third-order valence-electron chi connectivity index (χ3n) is 4.60. The number of carbonyl (C=O) groups excluding carboxylic acids is 1. The van der Waals surface area contributed by atoms with E-state index in [1.807, 2.05) is 4.90 Å². The molecule has 1 aliphatic carbocycles. The molecule has 0 radical (unpaired) electrons. The number of rotatable bonds is 3. The lowest BCUT2D eigenvalue weighted by Crippen LogP contribution is -2.54. The van der Waals surface area contributed by atoms with Gasteiger partial charge in [-0.15, -0.1) is 0 Å².